The minimum atomic E-state index is 0.179. The van der Waals surface area contributed by atoms with E-state index in [1.807, 2.05) is 0 Å². The highest BCUT2D eigenvalue weighted by Crippen LogP contribution is 2.30. The molecule has 1 amide bonds. The van der Waals surface area contributed by atoms with Gasteiger partial charge in [0.1, 0.15) is 0 Å². The second-order valence-corrected chi connectivity index (χ2v) is 6.46. The Labute approximate surface area is 125 Å². The zero-order valence-electron chi connectivity index (χ0n) is 14.2. The fourth-order valence-electron chi connectivity index (χ4n) is 3.25. The lowest BCUT2D eigenvalue weighted by molar-refractivity contribution is -0.139. The van der Waals surface area contributed by atoms with Gasteiger partial charge in [-0.05, 0) is 38.5 Å². The molecule has 1 rings (SSSR count). The van der Waals surface area contributed by atoms with Gasteiger partial charge < -0.3 is 9.64 Å². The quantitative estimate of drug-likeness (QED) is 0.710. The van der Waals surface area contributed by atoms with Crippen molar-refractivity contribution < 1.29 is 9.53 Å². The second kappa shape index (κ2) is 8.02. The summed E-state index contributed by atoms with van der Waals surface area (Å²) in [7, 11) is 0. The summed E-state index contributed by atoms with van der Waals surface area (Å²) in [4.78, 5) is 14.8. The molecule has 3 nitrogen and oxygen atoms in total. The average molecular weight is 283 g/mol. The van der Waals surface area contributed by atoms with Crippen molar-refractivity contribution in [3.63, 3.8) is 0 Å². The van der Waals surface area contributed by atoms with E-state index < -0.39 is 0 Å². The van der Waals surface area contributed by atoms with Gasteiger partial charge in [0, 0.05) is 12.5 Å². The lowest BCUT2D eigenvalue weighted by Gasteiger charge is -2.34. The molecule has 3 atom stereocenters. The first-order valence-corrected chi connectivity index (χ1v) is 8.42. The van der Waals surface area contributed by atoms with Crippen LogP contribution in [-0.4, -0.2) is 35.6 Å². The molecule has 3 heteroatoms. The van der Waals surface area contributed by atoms with Crippen molar-refractivity contribution >= 4 is 5.91 Å². The Kier molecular flexibility index (Phi) is 7.01. The van der Waals surface area contributed by atoms with Crippen molar-refractivity contribution in [1.82, 2.24) is 4.90 Å². The number of hydrogen-bond acceptors (Lipinski definition) is 2. The maximum Gasteiger partial charge on any atom is 0.226 e. The zero-order chi connectivity index (χ0) is 15.3. The molecule has 0 radical (unpaired) electrons. The number of nitrogens with zero attached hydrogens (tertiary/aromatic N) is 1. The van der Waals surface area contributed by atoms with E-state index in [1.165, 1.54) is 0 Å². The Morgan fingerprint density at radius 2 is 1.75 bits per heavy atom. The molecule has 1 heterocycles. The van der Waals surface area contributed by atoms with E-state index >= 15 is 0 Å². The molecule has 0 spiro atoms. The number of hydrogen-bond donors (Lipinski definition) is 0. The summed E-state index contributed by atoms with van der Waals surface area (Å²) < 4.78 is 6.17. The van der Waals surface area contributed by atoms with E-state index in [-0.39, 0.29) is 24.2 Å². The first-order chi connectivity index (χ1) is 9.46. The number of likely N-dealkylation sites (tertiary alicyclic amines) is 1. The van der Waals surface area contributed by atoms with Gasteiger partial charge in [-0.1, -0.05) is 34.6 Å². The van der Waals surface area contributed by atoms with E-state index in [1.54, 1.807) is 0 Å². The van der Waals surface area contributed by atoms with Crippen molar-refractivity contribution in [2.24, 2.45) is 11.8 Å². The van der Waals surface area contributed by atoms with E-state index in [9.17, 15) is 4.79 Å². The van der Waals surface area contributed by atoms with Gasteiger partial charge in [0.15, 0.2) is 0 Å². The topological polar surface area (TPSA) is 29.5 Å². The van der Waals surface area contributed by atoms with E-state index in [4.69, 9.17) is 4.74 Å². The Balaban J connectivity index is 2.80. The van der Waals surface area contributed by atoms with Crippen molar-refractivity contribution in [2.45, 2.75) is 85.5 Å². The molecule has 1 fully saturated rings. The van der Waals surface area contributed by atoms with E-state index in [0.717, 1.165) is 32.2 Å². The van der Waals surface area contributed by atoms with Crippen molar-refractivity contribution in [2.75, 3.05) is 6.54 Å². The van der Waals surface area contributed by atoms with Crippen LogP contribution in [0.5, 0.6) is 0 Å². The number of carbonyl (C=O) groups excluding carboxylic acids is 1. The van der Waals surface area contributed by atoms with Crippen LogP contribution >= 0.6 is 0 Å². The monoisotopic (exact) mass is 283 g/mol. The van der Waals surface area contributed by atoms with Crippen LogP contribution in [0.3, 0.4) is 0 Å². The normalized spacial score (nSPS) is 24.7. The number of ether oxygens (including phenoxy) is 1. The fourth-order valence-corrected chi connectivity index (χ4v) is 3.25. The summed E-state index contributed by atoms with van der Waals surface area (Å²) in [6, 6.07) is 0.247. The third-order valence-corrected chi connectivity index (χ3v) is 4.68. The Morgan fingerprint density at radius 3 is 2.20 bits per heavy atom. The summed E-state index contributed by atoms with van der Waals surface area (Å²) in [5, 5.41) is 0. The summed E-state index contributed by atoms with van der Waals surface area (Å²) in [6.45, 7) is 13.8. The van der Waals surface area contributed by atoms with Crippen molar-refractivity contribution in [3.8, 4) is 0 Å². The summed E-state index contributed by atoms with van der Waals surface area (Å²) in [5.74, 6) is 0.965. The minimum Gasteiger partial charge on any atom is -0.373 e. The number of amides is 1. The molecular formula is C17H33NO2. The molecule has 118 valence electrons. The predicted octanol–water partition coefficient (Wildman–Crippen LogP) is 3.86. The highest BCUT2D eigenvalue weighted by molar-refractivity contribution is 5.79. The van der Waals surface area contributed by atoms with Crippen molar-refractivity contribution in [1.29, 1.82) is 0 Å². The molecule has 1 aliphatic rings. The number of rotatable bonds is 7. The minimum absolute atomic E-state index is 0.179. The van der Waals surface area contributed by atoms with Crippen LogP contribution in [0.1, 0.15) is 67.2 Å². The van der Waals surface area contributed by atoms with Crippen LogP contribution in [0.15, 0.2) is 0 Å². The molecule has 1 saturated heterocycles. The van der Waals surface area contributed by atoms with E-state index in [2.05, 4.69) is 46.4 Å². The molecule has 0 saturated carbocycles. The molecule has 20 heavy (non-hydrogen) atoms. The first-order valence-electron chi connectivity index (χ1n) is 8.42. The Bertz CT molecular complexity index is 299. The summed E-state index contributed by atoms with van der Waals surface area (Å²) in [5.41, 5.74) is 0. The van der Waals surface area contributed by atoms with Crippen LogP contribution in [-0.2, 0) is 9.53 Å². The number of carbonyl (C=O) groups is 1. The van der Waals surface area contributed by atoms with Crippen molar-refractivity contribution in [3.05, 3.63) is 0 Å². The molecule has 0 N–H and O–H groups in total. The Morgan fingerprint density at radius 1 is 1.15 bits per heavy atom. The maximum absolute atomic E-state index is 12.7. The third-order valence-electron chi connectivity index (χ3n) is 4.68. The maximum atomic E-state index is 12.7. The van der Waals surface area contributed by atoms with Gasteiger partial charge in [-0.15, -0.1) is 0 Å². The predicted molar refractivity (Wildman–Crippen MR) is 83.7 cm³/mol. The zero-order valence-corrected chi connectivity index (χ0v) is 14.2. The van der Waals surface area contributed by atoms with Gasteiger partial charge >= 0.3 is 0 Å². The molecule has 0 aromatic heterocycles. The van der Waals surface area contributed by atoms with Gasteiger partial charge in [0.25, 0.3) is 0 Å². The SMILES string of the molecule is CCC(C)O[C@H]1CCN(C(=O)C(CC)CC)[C@@H]1C(C)C. The molecular weight excluding hydrogens is 250 g/mol. The van der Waals surface area contributed by atoms with Gasteiger partial charge in [-0.25, -0.2) is 0 Å². The van der Waals surface area contributed by atoms with Gasteiger partial charge in [0.2, 0.25) is 5.91 Å². The smallest absolute Gasteiger partial charge is 0.226 e. The lowest BCUT2D eigenvalue weighted by Crippen LogP contribution is -2.46. The molecule has 0 aromatic rings. The van der Waals surface area contributed by atoms with Crippen LogP contribution in [0.2, 0.25) is 0 Å². The molecule has 1 aliphatic heterocycles. The highest BCUT2D eigenvalue weighted by atomic mass is 16.5. The standard InChI is InChI=1S/C17H33NO2/c1-7-13(6)20-15-10-11-18(16(15)12(4)5)17(19)14(8-2)9-3/h12-16H,7-11H2,1-6H3/t13?,15-,16+/m0/s1. The fraction of sp³-hybridized carbons (Fsp3) is 0.941. The average Bonchev–Trinajstić information content (AvgIpc) is 2.83. The van der Waals surface area contributed by atoms with E-state index in [0.29, 0.717) is 11.8 Å². The van der Waals surface area contributed by atoms with Gasteiger partial charge in [-0.2, -0.15) is 0 Å². The second-order valence-electron chi connectivity index (χ2n) is 6.46. The van der Waals surface area contributed by atoms with Crippen LogP contribution in [0.4, 0.5) is 0 Å². The summed E-state index contributed by atoms with van der Waals surface area (Å²) in [6.07, 6.45) is 4.38. The largest absolute Gasteiger partial charge is 0.373 e. The van der Waals surface area contributed by atoms with Crippen LogP contribution < -0.4 is 0 Å². The van der Waals surface area contributed by atoms with Crippen LogP contribution in [0, 0.1) is 11.8 Å². The van der Waals surface area contributed by atoms with Crippen LogP contribution in [0.25, 0.3) is 0 Å². The van der Waals surface area contributed by atoms with Gasteiger partial charge in [0.05, 0.1) is 18.2 Å². The molecule has 0 aliphatic carbocycles. The molecule has 1 unspecified atom stereocenters. The molecule has 0 bridgehead atoms. The lowest BCUT2D eigenvalue weighted by atomic mass is 9.96. The summed E-state index contributed by atoms with van der Waals surface area (Å²) >= 11 is 0. The molecule has 0 aromatic carbocycles. The third kappa shape index (κ3) is 3.97. The van der Waals surface area contributed by atoms with Gasteiger partial charge in [-0.3, -0.25) is 4.79 Å². The highest BCUT2D eigenvalue weighted by Gasteiger charge is 2.41. The Hall–Kier alpha value is -0.570. The first kappa shape index (κ1) is 17.5.